The molecule has 3 atom stereocenters. The molecule has 1 amide bonds. The number of amides is 1. The number of nitrogens with one attached hydrogen (secondary N) is 1. The van der Waals surface area contributed by atoms with Gasteiger partial charge >= 0.3 is 0 Å². The van der Waals surface area contributed by atoms with Crippen molar-refractivity contribution in [3.05, 3.63) is 21.3 Å². The predicted octanol–water partition coefficient (Wildman–Crippen LogP) is 2.08. The number of carbonyl (C=O) groups is 1. The number of rotatable bonds is 4. The molecule has 3 unspecified atom stereocenters. The highest BCUT2D eigenvalue weighted by atomic mass is 35.5. The number of thiophene rings is 1. The van der Waals surface area contributed by atoms with Crippen molar-refractivity contribution in [2.45, 2.75) is 38.0 Å². The van der Waals surface area contributed by atoms with E-state index in [1.807, 2.05) is 19.1 Å². The summed E-state index contributed by atoms with van der Waals surface area (Å²) in [4.78, 5) is 13.0. The molecule has 2 heterocycles. The van der Waals surface area contributed by atoms with Crippen molar-refractivity contribution in [1.82, 2.24) is 5.32 Å². The topological polar surface area (TPSA) is 64.4 Å². The second-order valence-corrected chi connectivity index (χ2v) is 6.18. The standard InChI is InChI=1S/C12H17ClN2O2S/c1-7(10-4-5-11(13)18-10)15-12(16)9-3-2-8(6-14)17-9/h4-5,7-9H,2-3,6,14H2,1H3,(H,15,16). The Balaban J connectivity index is 1.88. The highest BCUT2D eigenvalue weighted by molar-refractivity contribution is 7.16. The van der Waals surface area contributed by atoms with E-state index in [0.29, 0.717) is 6.54 Å². The summed E-state index contributed by atoms with van der Waals surface area (Å²) in [5.41, 5.74) is 5.52. The van der Waals surface area contributed by atoms with Gasteiger partial charge in [-0.3, -0.25) is 4.79 Å². The van der Waals surface area contributed by atoms with E-state index in [9.17, 15) is 4.79 Å². The fourth-order valence-electron chi connectivity index (χ4n) is 2.01. The van der Waals surface area contributed by atoms with Crippen LogP contribution in [-0.4, -0.2) is 24.7 Å². The van der Waals surface area contributed by atoms with Gasteiger partial charge in [0.2, 0.25) is 5.91 Å². The van der Waals surface area contributed by atoms with Crippen LogP contribution in [0.4, 0.5) is 0 Å². The van der Waals surface area contributed by atoms with Gasteiger partial charge in [0.05, 0.1) is 16.5 Å². The molecule has 1 aliphatic rings. The first-order valence-corrected chi connectivity index (χ1v) is 7.20. The summed E-state index contributed by atoms with van der Waals surface area (Å²) in [5.74, 6) is -0.0667. The second-order valence-electron chi connectivity index (χ2n) is 4.43. The van der Waals surface area contributed by atoms with Crippen LogP contribution in [0.25, 0.3) is 0 Å². The molecule has 6 heteroatoms. The maximum Gasteiger partial charge on any atom is 0.249 e. The van der Waals surface area contributed by atoms with E-state index in [4.69, 9.17) is 22.1 Å². The van der Waals surface area contributed by atoms with E-state index in [1.54, 1.807) is 0 Å². The summed E-state index contributed by atoms with van der Waals surface area (Å²) < 4.78 is 6.28. The highest BCUT2D eigenvalue weighted by Gasteiger charge is 2.30. The third kappa shape index (κ3) is 3.23. The van der Waals surface area contributed by atoms with Gasteiger partial charge in [-0.1, -0.05) is 11.6 Å². The Kier molecular flexibility index (Phi) is 4.61. The fourth-order valence-corrected chi connectivity index (χ4v) is 3.07. The maximum atomic E-state index is 12.0. The van der Waals surface area contributed by atoms with E-state index in [2.05, 4.69) is 5.32 Å². The molecule has 1 aliphatic heterocycles. The summed E-state index contributed by atoms with van der Waals surface area (Å²) in [6.07, 6.45) is 1.25. The van der Waals surface area contributed by atoms with Crippen molar-refractivity contribution in [2.75, 3.05) is 6.54 Å². The first-order chi connectivity index (χ1) is 8.60. The fraction of sp³-hybridized carbons (Fsp3) is 0.583. The van der Waals surface area contributed by atoms with Crippen LogP contribution in [0.2, 0.25) is 4.34 Å². The van der Waals surface area contributed by atoms with Crippen LogP contribution in [0.5, 0.6) is 0 Å². The van der Waals surface area contributed by atoms with Gasteiger partial charge in [0, 0.05) is 11.4 Å². The second kappa shape index (κ2) is 6.02. The molecule has 0 radical (unpaired) electrons. The molecule has 3 N–H and O–H groups in total. The molecule has 1 saturated heterocycles. The molecule has 4 nitrogen and oxygen atoms in total. The van der Waals surface area contributed by atoms with Gasteiger partial charge < -0.3 is 15.8 Å². The molecule has 0 spiro atoms. The van der Waals surface area contributed by atoms with Crippen molar-refractivity contribution in [3.63, 3.8) is 0 Å². The normalized spacial score (nSPS) is 25.1. The molecule has 1 aromatic heterocycles. The Bertz CT molecular complexity index is 424. The molecular formula is C12H17ClN2O2S. The van der Waals surface area contributed by atoms with E-state index < -0.39 is 0 Å². The van der Waals surface area contributed by atoms with Crippen LogP contribution < -0.4 is 11.1 Å². The molecule has 1 fully saturated rings. The SMILES string of the molecule is CC(NC(=O)C1CCC(CN)O1)c1ccc(Cl)s1. The maximum absolute atomic E-state index is 12.0. The molecule has 18 heavy (non-hydrogen) atoms. The summed E-state index contributed by atoms with van der Waals surface area (Å²) in [5, 5.41) is 2.94. The zero-order chi connectivity index (χ0) is 13.1. The van der Waals surface area contributed by atoms with Crippen molar-refractivity contribution >= 4 is 28.8 Å². The Hall–Kier alpha value is -0.620. The van der Waals surface area contributed by atoms with E-state index in [-0.39, 0.29) is 24.2 Å². The lowest BCUT2D eigenvalue weighted by Gasteiger charge is -2.16. The number of nitrogens with two attached hydrogens (primary N) is 1. The average molecular weight is 289 g/mol. The summed E-state index contributed by atoms with van der Waals surface area (Å²) in [6, 6.07) is 3.71. The van der Waals surface area contributed by atoms with E-state index in [1.165, 1.54) is 11.3 Å². The van der Waals surface area contributed by atoms with Gasteiger partial charge in [-0.05, 0) is 31.9 Å². The Labute approximate surface area is 115 Å². The van der Waals surface area contributed by atoms with Gasteiger partial charge in [-0.25, -0.2) is 0 Å². The molecule has 100 valence electrons. The molecule has 1 aromatic rings. The highest BCUT2D eigenvalue weighted by Crippen LogP contribution is 2.27. The first-order valence-electron chi connectivity index (χ1n) is 6.01. The third-order valence-electron chi connectivity index (χ3n) is 3.04. The Morgan fingerprint density at radius 3 is 3.00 bits per heavy atom. The lowest BCUT2D eigenvalue weighted by Crippen LogP contribution is -2.36. The molecule has 0 aromatic carbocycles. The summed E-state index contributed by atoms with van der Waals surface area (Å²) >= 11 is 7.35. The zero-order valence-electron chi connectivity index (χ0n) is 10.2. The van der Waals surface area contributed by atoms with Crippen LogP contribution in [0.1, 0.15) is 30.7 Å². The zero-order valence-corrected chi connectivity index (χ0v) is 11.8. The minimum absolute atomic E-state index is 0.0206. The van der Waals surface area contributed by atoms with Crippen LogP contribution >= 0.6 is 22.9 Å². The van der Waals surface area contributed by atoms with Crippen molar-refractivity contribution in [1.29, 1.82) is 0 Å². The number of hydrogen-bond acceptors (Lipinski definition) is 4. The van der Waals surface area contributed by atoms with Crippen LogP contribution in [-0.2, 0) is 9.53 Å². The number of hydrogen-bond donors (Lipinski definition) is 2. The van der Waals surface area contributed by atoms with E-state index in [0.717, 1.165) is 22.1 Å². The quantitative estimate of drug-likeness (QED) is 0.892. The molecule has 2 rings (SSSR count). The van der Waals surface area contributed by atoms with Crippen LogP contribution in [0.3, 0.4) is 0 Å². The van der Waals surface area contributed by atoms with E-state index >= 15 is 0 Å². The Morgan fingerprint density at radius 1 is 1.67 bits per heavy atom. The van der Waals surface area contributed by atoms with Crippen molar-refractivity contribution < 1.29 is 9.53 Å². The smallest absolute Gasteiger partial charge is 0.249 e. The lowest BCUT2D eigenvalue weighted by molar-refractivity contribution is -0.132. The molecule has 0 aliphatic carbocycles. The number of carbonyl (C=O) groups excluding carboxylic acids is 1. The first kappa shape index (κ1) is 13.8. The monoisotopic (exact) mass is 288 g/mol. The molecule has 0 saturated carbocycles. The largest absolute Gasteiger partial charge is 0.364 e. The van der Waals surface area contributed by atoms with Crippen LogP contribution in [0.15, 0.2) is 12.1 Å². The van der Waals surface area contributed by atoms with Gasteiger partial charge in [0.25, 0.3) is 0 Å². The Morgan fingerprint density at radius 2 is 2.44 bits per heavy atom. The minimum atomic E-state index is -0.364. The minimum Gasteiger partial charge on any atom is -0.364 e. The molecule has 0 bridgehead atoms. The van der Waals surface area contributed by atoms with Gasteiger partial charge in [0.1, 0.15) is 6.10 Å². The lowest BCUT2D eigenvalue weighted by atomic mass is 10.2. The number of ether oxygens (including phenoxy) is 1. The van der Waals surface area contributed by atoms with Gasteiger partial charge in [-0.15, -0.1) is 11.3 Å². The van der Waals surface area contributed by atoms with Crippen molar-refractivity contribution in [3.8, 4) is 0 Å². The average Bonchev–Trinajstić information content (AvgIpc) is 2.97. The number of halogens is 1. The van der Waals surface area contributed by atoms with Gasteiger partial charge in [0.15, 0.2) is 0 Å². The summed E-state index contributed by atoms with van der Waals surface area (Å²) in [7, 11) is 0. The predicted molar refractivity (Wildman–Crippen MR) is 72.8 cm³/mol. The van der Waals surface area contributed by atoms with Crippen molar-refractivity contribution in [2.24, 2.45) is 5.73 Å². The van der Waals surface area contributed by atoms with Gasteiger partial charge in [-0.2, -0.15) is 0 Å². The summed E-state index contributed by atoms with van der Waals surface area (Å²) in [6.45, 7) is 2.41. The molecular weight excluding hydrogens is 272 g/mol. The van der Waals surface area contributed by atoms with Crippen LogP contribution in [0, 0.1) is 0 Å². The third-order valence-corrected chi connectivity index (χ3v) is 4.46.